The molecule has 0 fully saturated rings. The number of methoxy groups -OCH3 is 1. The first-order valence-corrected chi connectivity index (χ1v) is 7.74. The van der Waals surface area contributed by atoms with E-state index in [1.807, 2.05) is 6.07 Å². The van der Waals surface area contributed by atoms with Crippen LogP contribution >= 0.6 is 11.3 Å². The van der Waals surface area contributed by atoms with Crippen LogP contribution in [0.4, 0.5) is 0 Å². The van der Waals surface area contributed by atoms with Crippen molar-refractivity contribution in [1.29, 1.82) is 0 Å². The maximum Gasteiger partial charge on any atom is 0.270 e. The molecule has 19 heavy (non-hydrogen) atoms. The number of aromatic nitrogens is 2. The smallest absolute Gasteiger partial charge is 0.270 e. The van der Waals surface area contributed by atoms with E-state index in [2.05, 4.69) is 14.9 Å². The minimum absolute atomic E-state index is 0.0205. The monoisotopic (exact) mass is 299 g/mol. The van der Waals surface area contributed by atoms with E-state index in [4.69, 9.17) is 4.74 Å². The Labute approximate surface area is 115 Å². The van der Waals surface area contributed by atoms with Crippen LogP contribution in [-0.2, 0) is 16.6 Å². The number of sulfonamides is 1. The molecule has 0 aliphatic heterocycles. The van der Waals surface area contributed by atoms with Crippen LogP contribution in [0.25, 0.3) is 0 Å². The van der Waals surface area contributed by atoms with E-state index in [1.165, 1.54) is 0 Å². The van der Waals surface area contributed by atoms with Gasteiger partial charge < -0.3 is 4.74 Å². The Balaban J connectivity index is 2.09. The van der Waals surface area contributed by atoms with Crippen molar-refractivity contribution in [3.63, 3.8) is 0 Å². The molecular weight excluding hydrogens is 286 g/mol. The summed E-state index contributed by atoms with van der Waals surface area (Å²) in [5.41, 5.74) is 0.809. The third kappa shape index (κ3) is 3.49. The summed E-state index contributed by atoms with van der Waals surface area (Å²) in [5, 5.41) is 7.93. The molecule has 0 spiro atoms. The highest BCUT2D eigenvalue weighted by Gasteiger charge is 2.18. The van der Waals surface area contributed by atoms with E-state index in [1.54, 1.807) is 32.2 Å². The fourth-order valence-electron chi connectivity index (χ4n) is 1.41. The molecule has 0 aliphatic rings. The van der Waals surface area contributed by atoms with Gasteiger partial charge in [0.25, 0.3) is 10.0 Å². The largest absolute Gasteiger partial charge is 0.497 e. The molecular formula is C11H13N3O3S2. The van der Waals surface area contributed by atoms with Gasteiger partial charge >= 0.3 is 0 Å². The van der Waals surface area contributed by atoms with Crippen molar-refractivity contribution in [2.45, 2.75) is 17.8 Å². The highest BCUT2D eigenvalue weighted by molar-refractivity contribution is 7.91. The molecule has 0 unspecified atom stereocenters. The van der Waals surface area contributed by atoms with Gasteiger partial charge in [0.2, 0.25) is 4.34 Å². The Hall–Kier alpha value is -1.51. The number of rotatable bonds is 5. The van der Waals surface area contributed by atoms with Gasteiger partial charge in [-0.25, -0.2) is 13.1 Å². The predicted octanol–water partition coefficient (Wildman–Crippen LogP) is 1.33. The average Bonchev–Trinajstić information content (AvgIpc) is 2.84. The lowest BCUT2D eigenvalue weighted by atomic mass is 10.2. The zero-order valence-corrected chi connectivity index (χ0v) is 12.1. The van der Waals surface area contributed by atoms with Crippen molar-refractivity contribution in [2.24, 2.45) is 0 Å². The van der Waals surface area contributed by atoms with Crippen LogP contribution in [-0.4, -0.2) is 25.7 Å². The Morgan fingerprint density at radius 3 is 2.79 bits per heavy atom. The van der Waals surface area contributed by atoms with Crippen molar-refractivity contribution in [3.8, 4) is 5.75 Å². The van der Waals surface area contributed by atoms with Crippen LogP contribution in [0.3, 0.4) is 0 Å². The van der Waals surface area contributed by atoms with Gasteiger partial charge in [0.15, 0.2) is 0 Å². The molecule has 0 atom stereocenters. The number of hydrogen-bond acceptors (Lipinski definition) is 6. The third-order valence-electron chi connectivity index (χ3n) is 2.34. The lowest BCUT2D eigenvalue weighted by Gasteiger charge is -2.05. The first kappa shape index (κ1) is 13.9. The van der Waals surface area contributed by atoms with Crippen LogP contribution in [0, 0.1) is 6.92 Å². The minimum atomic E-state index is -3.60. The molecule has 0 aliphatic carbocycles. The molecule has 1 aromatic carbocycles. The van der Waals surface area contributed by atoms with Gasteiger partial charge in [-0.3, -0.25) is 0 Å². The molecule has 1 aromatic heterocycles. The van der Waals surface area contributed by atoms with Gasteiger partial charge in [-0.1, -0.05) is 23.5 Å². The summed E-state index contributed by atoms with van der Waals surface area (Å²) >= 11 is 1.04. The third-order valence-corrected chi connectivity index (χ3v) is 4.95. The second-order valence-electron chi connectivity index (χ2n) is 3.76. The number of ether oxygens (including phenoxy) is 1. The summed E-state index contributed by atoms with van der Waals surface area (Å²) in [6.07, 6.45) is 0. The van der Waals surface area contributed by atoms with Crippen molar-refractivity contribution in [2.75, 3.05) is 7.11 Å². The van der Waals surface area contributed by atoms with E-state index in [0.29, 0.717) is 10.8 Å². The summed E-state index contributed by atoms with van der Waals surface area (Å²) in [6.45, 7) is 1.89. The molecule has 0 radical (unpaired) electrons. The zero-order chi connectivity index (χ0) is 13.9. The number of hydrogen-bond donors (Lipinski definition) is 1. The topological polar surface area (TPSA) is 81.2 Å². The SMILES string of the molecule is COc1cccc(CNS(=O)(=O)c2nnc(C)s2)c1. The Morgan fingerprint density at radius 2 is 2.16 bits per heavy atom. The molecule has 0 amide bonds. The zero-order valence-electron chi connectivity index (χ0n) is 10.5. The highest BCUT2D eigenvalue weighted by atomic mass is 32.2. The van der Waals surface area contributed by atoms with Crippen LogP contribution in [0.2, 0.25) is 0 Å². The fourth-order valence-corrected chi connectivity index (χ4v) is 3.43. The van der Waals surface area contributed by atoms with Gasteiger partial charge in [-0.15, -0.1) is 10.2 Å². The van der Waals surface area contributed by atoms with Gasteiger partial charge in [0.05, 0.1) is 7.11 Å². The summed E-state index contributed by atoms with van der Waals surface area (Å²) in [6, 6.07) is 7.19. The summed E-state index contributed by atoms with van der Waals surface area (Å²) < 4.78 is 31.4. The van der Waals surface area contributed by atoms with Crippen molar-refractivity contribution in [3.05, 3.63) is 34.8 Å². The van der Waals surface area contributed by atoms with Crippen molar-refractivity contribution in [1.82, 2.24) is 14.9 Å². The quantitative estimate of drug-likeness (QED) is 0.901. The van der Waals surface area contributed by atoms with Gasteiger partial charge in [0.1, 0.15) is 10.8 Å². The Morgan fingerprint density at radius 1 is 1.37 bits per heavy atom. The number of nitrogens with zero attached hydrogens (tertiary/aromatic N) is 2. The van der Waals surface area contributed by atoms with Gasteiger partial charge in [0, 0.05) is 6.54 Å². The Bertz CT molecular complexity index is 667. The van der Waals surface area contributed by atoms with Crippen molar-refractivity contribution < 1.29 is 13.2 Å². The summed E-state index contributed by atoms with van der Waals surface area (Å²) in [5.74, 6) is 0.684. The van der Waals surface area contributed by atoms with Crippen LogP contribution in [0.5, 0.6) is 5.75 Å². The molecule has 2 aromatic rings. The normalized spacial score (nSPS) is 11.5. The molecule has 0 saturated heterocycles. The number of nitrogens with one attached hydrogen (secondary N) is 1. The lowest BCUT2D eigenvalue weighted by Crippen LogP contribution is -2.23. The van der Waals surface area contributed by atoms with Crippen LogP contribution in [0.1, 0.15) is 10.6 Å². The molecule has 0 bridgehead atoms. The fraction of sp³-hybridized carbons (Fsp3) is 0.273. The standard InChI is InChI=1S/C11H13N3O3S2/c1-8-13-14-11(18-8)19(15,16)12-7-9-4-3-5-10(6-9)17-2/h3-6,12H,7H2,1-2H3. The van der Waals surface area contributed by atoms with Crippen molar-refractivity contribution >= 4 is 21.4 Å². The number of benzene rings is 1. The molecule has 0 saturated carbocycles. The van der Waals surface area contributed by atoms with Crippen LogP contribution < -0.4 is 9.46 Å². The van der Waals surface area contributed by atoms with Crippen LogP contribution in [0.15, 0.2) is 28.6 Å². The maximum absolute atomic E-state index is 11.9. The van der Waals surface area contributed by atoms with Gasteiger partial charge in [-0.05, 0) is 24.6 Å². The van der Waals surface area contributed by atoms with E-state index < -0.39 is 10.0 Å². The molecule has 2 rings (SSSR count). The van der Waals surface area contributed by atoms with E-state index >= 15 is 0 Å². The molecule has 8 heteroatoms. The lowest BCUT2D eigenvalue weighted by molar-refractivity contribution is 0.414. The summed E-state index contributed by atoms with van der Waals surface area (Å²) in [7, 11) is -2.04. The second-order valence-corrected chi connectivity index (χ2v) is 6.89. The van der Waals surface area contributed by atoms with E-state index in [9.17, 15) is 8.42 Å². The molecule has 1 heterocycles. The molecule has 102 valence electrons. The van der Waals surface area contributed by atoms with E-state index in [0.717, 1.165) is 16.9 Å². The highest BCUT2D eigenvalue weighted by Crippen LogP contribution is 2.16. The Kier molecular flexibility index (Phi) is 4.13. The molecule has 6 nitrogen and oxygen atoms in total. The van der Waals surface area contributed by atoms with Gasteiger partial charge in [-0.2, -0.15) is 0 Å². The first-order chi connectivity index (χ1) is 9.01. The maximum atomic E-state index is 11.9. The molecule has 1 N–H and O–H groups in total. The minimum Gasteiger partial charge on any atom is -0.497 e. The first-order valence-electron chi connectivity index (χ1n) is 5.44. The summed E-state index contributed by atoms with van der Waals surface area (Å²) in [4.78, 5) is 0. The second kappa shape index (κ2) is 5.64. The van der Waals surface area contributed by atoms with E-state index in [-0.39, 0.29) is 10.9 Å². The average molecular weight is 299 g/mol. The number of aryl methyl sites for hydroxylation is 1. The predicted molar refractivity (Wildman–Crippen MR) is 71.7 cm³/mol.